The molecule has 5 aliphatic carbocycles. The van der Waals surface area contributed by atoms with Crippen LogP contribution in [-0.2, 0) is 14.3 Å². The van der Waals surface area contributed by atoms with Gasteiger partial charge in [0.15, 0.2) is 11.5 Å². The van der Waals surface area contributed by atoms with Crippen molar-refractivity contribution in [2.75, 3.05) is 13.7 Å². The summed E-state index contributed by atoms with van der Waals surface area (Å²) in [6.07, 6.45) is 12.7. The van der Waals surface area contributed by atoms with Crippen molar-refractivity contribution in [3.05, 3.63) is 41.5 Å². The Morgan fingerprint density at radius 2 is 1.72 bits per heavy atom. The zero-order valence-corrected chi connectivity index (χ0v) is 29.5. The van der Waals surface area contributed by atoms with Gasteiger partial charge in [0, 0.05) is 11.5 Å². The molecule has 7 nitrogen and oxygen atoms in total. The second-order valence-corrected chi connectivity index (χ2v) is 17.1. The Morgan fingerprint density at radius 3 is 2.43 bits per heavy atom. The molecule has 7 heteroatoms. The number of fused-ring (bicyclic) bond motifs is 7. The quantitative estimate of drug-likeness (QED) is 0.163. The molecule has 1 aromatic carbocycles. The number of carbonyl (C=O) groups excluding carboxylic acids is 1. The van der Waals surface area contributed by atoms with Crippen LogP contribution in [0.4, 0.5) is 0 Å². The van der Waals surface area contributed by atoms with Crippen molar-refractivity contribution in [3.63, 3.8) is 0 Å². The number of aliphatic hydroxyl groups excluding tert-OH is 1. The molecule has 5 aliphatic rings. The summed E-state index contributed by atoms with van der Waals surface area (Å²) in [6.45, 7) is 14.1. The van der Waals surface area contributed by atoms with E-state index in [1.807, 2.05) is 0 Å². The molecule has 10 atom stereocenters. The predicted octanol–water partition coefficient (Wildman–Crippen LogP) is 8.04. The first-order valence-electron chi connectivity index (χ1n) is 17.9. The number of phenolic OH excluding ortho intramolecular Hbond substituents is 1. The molecule has 0 aliphatic heterocycles. The minimum atomic E-state index is -0.787. The van der Waals surface area contributed by atoms with Gasteiger partial charge in [0.05, 0.1) is 18.6 Å². The number of esters is 1. The summed E-state index contributed by atoms with van der Waals surface area (Å²) in [6, 6.07) is 4.92. The van der Waals surface area contributed by atoms with E-state index in [1.165, 1.54) is 24.8 Å². The van der Waals surface area contributed by atoms with Gasteiger partial charge in [-0.1, -0.05) is 59.3 Å². The van der Waals surface area contributed by atoms with Gasteiger partial charge < -0.3 is 24.8 Å². The number of aromatic hydroxyl groups is 1. The van der Waals surface area contributed by atoms with E-state index < -0.39 is 22.8 Å². The number of ether oxygens (including phenoxy) is 2. The van der Waals surface area contributed by atoms with E-state index >= 15 is 0 Å². The van der Waals surface area contributed by atoms with Crippen LogP contribution >= 0.6 is 0 Å². The van der Waals surface area contributed by atoms with Gasteiger partial charge in [-0.2, -0.15) is 0 Å². The maximum atomic E-state index is 13.5. The maximum absolute atomic E-state index is 13.5. The molecular weight excluding hydrogens is 592 g/mol. The number of allylic oxidation sites excluding steroid dienone is 1. The fourth-order valence-electron chi connectivity index (χ4n) is 12.2. The van der Waals surface area contributed by atoms with E-state index in [1.54, 1.807) is 18.2 Å². The Hall–Kier alpha value is -2.80. The van der Waals surface area contributed by atoms with Crippen molar-refractivity contribution in [1.29, 1.82) is 0 Å². The van der Waals surface area contributed by atoms with Crippen LogP contribution in [0, 0.1) is 56.7 Å². The molecule has 0 saturated heterocycles. The van der Waals surface area contributed by atoms with E-state index in [-0.39, 0.29) is 46.5 Å². The minimum absolute atomic E-state index is 0.0133. The molecule has 3 N–H and O–H groups in total. The zero-order chi connectivity index (χ0) is 34.2. The molecule has 4 saturated carbocycles. The van der Waals surface area contributed by atoms with Crippen molar-refractivity contribution >= 4 is 18.0 Å². The summed E-state index contributed by atoms with van der Waals surface area (Å²) in [7, 11) is 1.49. The Balaban J connectivity index is 1.40. The molecule has 0 amide bonds. The number of rotatable bonds is 6. The molecule has 0 spiro atoms. The van der Waals surface area contributed by atoms with Crippen LogP contribution in [0.15, 0.2) is 35.9 Å². The number of carboxylic acid groups (broad SMARTS) is 1. The lowest BCUT2D eigenvalue weighted by Gasteiger charge is -2.71. The van der Waals surface area contributed by atoms with Gasteiger partial charge in [0.1, 0.15) is 6.61 Å². The van der Waals surface area contributed by atoms with Crippen LogP contribution in [0.5, 0.6) is 11.5 Å². The number of methoxy groups -OCH3 is 1. The number of benzene rings is 1. The molecule has 1 aromatic rings. The number of carboxylic acids is 1. The van der Waals surface area contributed by atoms with Crippen molar-refractivity contribution in [2.45, 2.75) is 105 Å². The zero-order valence-electron chi connectivity index (χ0n) is 29.5. The molecule has 0 heterocycles. The summed E-state index contributed by atoms with van der Waals surface area (Å²) in [5, 5.41) is 32.0. The number of phenols is 1. The lowest BCUT2D eigenvalue weighted by atomic mass is 9.33. The van der Waals surface area contributed by atoms with Gasteiger partial charge in [-0.25, -0.2) is 4.79 Å². The lowest BCUT2D eigenvalue weighted by Crippen LogP contribution is -2.67. The summed E-state index contributed by atoms with van der Waals surface area (Å²) < 4.78 is 11.5. The van der Waals surface area contributed by atoms with E-state index in [2.05, 4.69) is 47.6 Å². The number of hydrogen-bond donors (Lipinski definition) is 3. The largest absolute Gasteiger partial charge is 0.504 e. The molecular formula is C40H56O7. The highest BCUT2D eigenvalue weighted by Gasteiger charge is 2.71. The first-order chi connectivity index (χ1) is 22.1. The topological polar surface area (TPSA) is 113 Å². The van der Waals surface area contributed by atoms with Crippen LogP contribution in [0.25, 0.3) is 6.08 Å². The van der Waals surface area contributed by atoms with E-state index in [9.17, 15) is 24.9 Å². The second kappa shape index (κ2) is 11.7. The number of aliphatic hydroxyl groups is 1. The second-order valence-electron chi connectivity index (χ2n) is 17.1. The summed E-state index contributed by atoms with van der Waals surface area (Å²) in [5.74, 6) is 0.499. The highest BCUT2D eigenvalue weighted by molar-refractivity contribution is 5.87. The van der Waals surface area contributed by atoms with Crippen LogP contribution in [0.1, 0.15) is 105 Å². The molecule has 0 unspecified atom stereocenters. The highest BCUT2D eigenvalue weighted by atomic mass is 16.5. The molecule has 47 heavy (non-hydrogen) atoms. The first-order valence-corrected chi connectivity index (χ1v) is 17.9. The summed E-state index contributed by atoms with van der Waals surface area (Å²) in [5.41, 5.74) is 0.329. The van der Waals surface area contributed by atoms with Crippen molar-refractivity contribution in [2.24, 2.45) is 56.7 Å². The van der Waals surface area contributed by atoms with Crippen LogP contribution in [0.2, 0.25) is 0 Å². The smallest absolute Gasteiger partial charge is 0.330 e. The fraction of sp³-hybridized carbons (Fsp3) is 0.700. The Morgan fingerprint density at radius 1 is 0.979 bits per heavy atom. The average Bonchev–Trinajstić information content (AvgIpc) is 3.03. The van der Waals surface area contributed by atoms with E-state index in [0.717, 1.165) is 38.5 Å². The van der Waals surface area contributed by atoms with Crippen molar-refractivity contribution in [1.82, 2.24) is 0 Å². The van der Waals surface area contributed by atoms with Crippen LogP contribution in [0.3, 0.4) is 0 Å². The van der Waals surface area contributed by atoms with E-state index in [4.69, 9.17) is 9.47 Å². The third-order valence-corrected chi connectivity index (χ3v) is 15.1. The van der Waals surface area contributed by atoms with Gasteiger partial charge in [-0.15, -0.1) is 0 Å². The third kappa shape index (κ3) is 4.91. The Labute approximate surface area is 280 Å². The first kappa shape index (κ1) is 34.1. The van der Waals surface area contributed by atoms with Crippen molar-refractivity contribution in [3.8, 4) is 11.5 Å². The molecule has 4 fully saturated rings. The fourth-order valence-corrected chi connectivity index (χ4v) is 12.2. The predicted molar refractivity (Wildman–Crippen MR) is 182 cm³/mol. The number of hydrogen-bond acceptors (Lipinski definition) is 6. The molecule has 0 aromatic heterocycles. The Bertz CT molecular complexity index is 1480. The number of aliphatic carboxylic acids is 1. The average molecular weight is 649 g/mol. The monoisotopic (exact) mass is 648 g/mol. The molecule has 0 radical (unpaired) electrons. The molecule has 6 rings (SSSR count). The van der Waals surface area contributed by atoms with E-state index in [0.29, 0.717) is 48.3 Å². The van der Waals surface area contributed by atoms with Gasteiger partial charge in [0.25, 0.3) is 0 Å². The number of carbonyl (C=O) groups is 2. The van der Waals surface area contributed by atoms with Gasteiger partial charge in [-0.3, -0.25) is 4.79 Å². The highest BCUT2D eigenvalue weighted by Crippen LogP contribution is 2.76. The minimum Gasteiger partial charge on any atom is -0.504 e. The van der Waals surface area contributed by atoms with Crippen molar-refractivity contribution < 1.29 is 34.4 Å². The normalized spacial score (nSPS) is 42.3. The summed E-state index contributed by atoms with van der Waals surface area (Å²) >= 11 is 0. The summed E-state index contributed by atoms with van der Waals surface area (Å²) in [4.78, 5) is 26.7. The third-order valence-electron chi connectivity index (χ3n) is 15.1. The lowest BCUT2D eigenvalue weighted by molar-refractivity contribution is -0.218. The van der Waals surface area contributed by atoms with Gasteiger partial charge >= 0.3 is 11.9 Å². The van der Waals surface area contributed by atoms with Crippen LogP contribution < -0.4 is 4.74 Å². The Kier molecular flexibility index (Phi) is 8.46. The SMILES string of the molecule is COc1cc(/C=C\C(=O)OC[C@@]23CC[C@@]4(C(=O)O)CC[C@@H](C)[C@H](C)[C@H]4C2=CC[C@@H]2[C@@]4(C)CC[C@H](O)C(C)(C)[C@@H]4CC[C@]23C)ccc1O. The molecule has 0 bridgehead atoms. The van der Waals surface area contributed by atoms with Crippen LogP contribution in [-0.4, -0.2) is 47.1 Å². The van der Waals surface area contributed by atoms with Gasteiger partial charge in [-0.05, 0) is 127 Å². The standard InChI is InChI=1S/C40H56O7/c1-24-14-19-39(35(44)45)20-21-40(23-47-33(43)13-9-26-8-11-28(41)29(22-26)46-7)27(34(39)25(24)2)10-12-31-37(5)17-16-32(42)36(3,4)30(37)15-18-38(31,40)6/h8-11,13,22,24-25,30-32,34,41-42H,12,14-21,23H2,1-7H3,(H,44,45)/b13-9-/t24-,25+,30+,31-,32+,34+,37+,38-,39+,40+/m1/s1. The molecule has 258 valence electrons. The van der Waals surface area contributed by atoms with Gasteiger partial charge in [0.2, 0.25) is 0 Å². The maximum Gasteiger partial charge on any atom is 0.330 e.